The highest BCUT2D eigenvalue weighted by atomic mass is 32.2. The molecule has 0 aliphatic heterocycles. The van der Waals surface area contributed by atoms with Gasteiger partial charge in [-0.3, -0.25) is 4.79 Å². The van der Waals surface area contributed by atoms with Gasteiger partial charge in [0.15, 0.2) is 0 Å². The fourth-order valence-electron chi connectivity index (χ4n) is 1.52. The third kappa shape index (κ3) is 5.03. The molecule has 0 saturated carbocycles. The average molecular weight is 282 g/mol. The van der Waals surface area contributed by atoms with E-state index in [1.165, 1.54) is 11.8 Å². The molecule has 0 saturated heterocycles. The molecular formula is C14H22N2O2S. The van der Waals surface area contributed by atoms with E-state index in [9.17, 15) is 4.79 Å². The highest BCUT2D eigenvalue weighted by Gasteiger charge is 2.15. The van der Waals surface area contributed by atoms with Crippen molar-refractivity contribution in [3.63, 3.8) is 0 Å². The fourth-order valence-corrected chi connectivity index (χ4v) is 2.48. The standard InChI is InChI=1S/C14H22N2O2S/c1-4-5-8-16-14(17)10(2)19-13-9-11(18-3)6-7-12(13)15/h6-7,9-10H,4-5,8,15H2,1-3H3,(H,16,17). The van der Waals surface area contributed by atoms with Crippen LogP contribution in [0.5, 0.6) is 5.75 Å². The first-order valence-corrected chi connectivity index (χ1v) is 7.34. The predicted octanol–water partition coefficient (Wildman–Crippen LogP) is 2.67. The van der Waals surface area contributed by atoms with Gasteiger partial charge in [0.25, 0.3) is 0 Å². The average Bonchev–Trinajstić information content (AvgIpc) is 2.41. The van der Waals surface area contributed by atoms with Gasteiger partial charge in [0.05, 0.1) is 12.4 Å². The quantitative estimate of drug-likeness (QED) is 0.458. The van der Waals surface area contributed by atoms with Crippen molar-refractivity contribution in [2.75, 3.05) is 19.4 Å². The Kier molecular flexibility index (Phi) is 6.56. The van der Waals surface area contributed by atoms with Gasteiger partial charge in [-0.1, -0.05) is 13.3 Å². The summed E-state index contributed by atoms with van der Waals surface area (Å²) in [6.07, 6.45) is 2.08. The topological polar surface area (TPSA) is 64.3 Å². The van der Waals surface area contributed by atoms with E-state index in [-0.39, 0.29) is 11.2 Å². The van der Waals surface area contributed by atoms with Crippen LogP contribution in [-0.4, -0.2) is 24.8 Å². The molecule has 1 amide bonds. The Bertz CT molecular complexity index is 424. The molecule has 5 heteroatoms. The summed E-state index contributed by atoms with van der Waals surface area (Å²) in [5.41, 5.74) is 6.57. The summed E-state index contributed by atoms with van der Waals surface area (Å²) in [7, 11) is 1.61. The maximum absolute atomic E-state index is 11.9. The molecule has 1 aromatic carbocycles. The van der Waals surface area contributed by atoms with Gasteiger partial charge in [-0.15, -0.1) is 11.8 Å². The number of methoxy groups -OCH3 is 1. The van der Waals surface area contributed by atoms with Crippen LogP contribution in [0.1, 0.15) is 26.7 Å². The van der Waals surface area contributed by atoms with Crippen molar-refractivity contribution in [2.24, 2.45) is 0 Å². The van der Waals surface area contributed by atoms with Gasteiger partial charge in [-0.05, 0) is 31.5 Å². The molecule has 1 unspecified atom stereocenters. The van der Waals surface area contributed by atoms with Crippen molar-refractivity contribution in [3.8, 4) is 5.75 Å². The smallest absolute Gasteiger partial charge is 0.233 e. The number of nitrogen functional groups attached to an aromatic ring is 1. The number of rotatable bonds is 7. The SMILES string of the molecule is CCCCNC(=O)C(C)Sc1cc(OC)ccc1N. The van der Waals surface area contributed by atoms with Crippen molar-refractivity contribution < 1.29 is 9.53 Å². The number of carbonyl (C=O) groups excluding carboxylic acids is 1. The summed E-state index contributed by atoms with van der Waals surface area (Å²) in [5, 5.41) is 2.75. The van der Waals surface area contributed by atoms with Crippen LogP contribution in [0, 0.1) is 0 Å². The second-order valence-corrected chi connectivity index (χ2v) is 5.69. The number of ether oxygens (including phenoxy) is 1. The van der Waals surface area contributed by atoms with Crippen molar-refractivity contribution in [3.05, 3.63) is 18.2 Å². The summed E-state index contributed by atoms with van der Waals surface area (Å²) < 4.78 is 5.16. The van der Waals surface area contributed by atoms with E-state index in [0.717, 1.165) is 30.0 Å². The molecule has 0 heterocycles. The zero-order valence-corrected chi connectivity index (χ0v) is 12.5. The Morgan fingerprint density at radius 3 is 2.89 bits per heavy atom. The first kappa shape index (κ1) is 15.7. The molecule has 0 radical (unpaired) electrons. The van der Waals surface area contributed by atoms with E-state index in [2.05, 4.69) is 12.2 Å². The molecule has 0 aromatic heterocycles. The minimum absolute atomic E-state index is 0.0423. The first-order chi connectivity index (χ1) is 9.08. The van der Waals surface area contributed by atoms with Gasteiger partial charge in [0, 0.05) is 17.1 Å². The number of carbonyl (C=O) groups is 1. The number of benzene rings is 1. The van der Waals surface area contributed by atoms with E-state index < -0.39 is 0 Å². The summed E-state index contributed by atoms with van der Waals surface area (Å²) in [6.45, 7) is 4.71. The lowest BCUT2D eigenvalue weighted by Crippen LogP contribution is -2.31. The molecule has 106 valence electrons. The summed E-state index contributed by atoms with van der Waals surface area (Å²) in [5.74, 6) is 0.788. The highest BCUT2D eigenvalue weighted by molar-refractivity contribution is 8.00. The predicted molar refractivity (Wildman–Crippen MR) is 80.6 cm³/mol. The van der Waals surface area contributed by atoms with Gasteiger partial charge >= 0.3 is 0 Å². The molecule has 1 aromatic rings. The second-order valence-electron chi connectivity index (χ2n) is 4.31. The number of nitrogens with two attached hydrogens (primary N) is 1. The van der Waals surface area contributed by atoms with Crippen LogP contribution in [0.4, 0.5) is 5.69 Å². The molecule has 0 spiro atoms. The van der Waals surface area contributed by atoms with Crippen molar-refractivity contribution in [2.45, 2.75) is 36.8 Å². The number of anilines is 1. The molecule has 0 bridgehead atoms. The summed E-state index contributed by atoms with van der Waals surface area (Å²) in [6, 6.07) is 5.46. The molecule has 3 N–H and O–H groups in total. The molecular weight excluding hydrogens is 260 g/mol. The van der Waals surface area contributed by atoms with Gasteiger partial charge in [0.2, 0.25) is 5.91 Å². The molecule has 1 rings (SSSR count). The Hall–Kier alpha value is -1.36. The van der Waals surface area contributed by atoms with Crippen LogP contribution in [-0.2, 0) is 4.79 Å². The minimum atomic E-state index is -0.175. The van der Waals surface area contributed by atoms with Gasteiger partial charge in [-0.2, -0.15) is 0 Å². The monoisotopic (exact) mass is 282 g/mol. The molecule has 0 aliphatic rings. The van der Waals surface area contributed by atoms with Crippen molar-refractivity contribution in [1.29, 1.82) is 0 Å². The largest absolute Gasteiger partial charge is 0.497 e. The van der Waals surface area contributed by atoms with Crippen LogP contribution in [0.3, 0.4) is 0 Å². The normalized spacial score (nSPS) is 11.9. The molecule has 1 atom stereocenters. The summed E-state index contributed by atoms with van der Waals surface area (Å²) >= 11 is 1.45. The maximum atomic E-state index is 11.9. The van der Waals surface area contributed by atoms with Crippen LogP contribution in [0.2, 0.25) is 0 Å². The molecule has 4 nitrogen and oxygen atoms in total. The number of hydrogen-bond acceptors (Lipinski definition) is 4. The Morgan fingerprint density at radius 1 is 1.53 bits per heavy atom. The second kappa shape index (κ2) is 7.94. The van der Waals surface area contributed by atoms with Crippen molar-refractivity contribution in [1.82, 2.24) is 5.32 Å². The highest BCUT2D eigenvalue weighted by Crippen LogP contribution is 2.32. The Labute approximate surface area is 119 Å². The lowest BCUT2D eigenvalue weighted by atomic mass is 10.3. The zero-order chi connectivity index (χ0) is 14.3. The van der Waals surface area contributed by atoms with E-state index in [4.69, 9.17) is 10.5 Å². The van der Waals surface area contributed by atoms with E-state index in [1.807, 2.05) is 19.1 Å². The van der Waals surface area contributed by atoms with E-state index in [1.54, 1.807) is 13.2 Å². The number of thioether (sulfide) groups is 1. The van der Waals surface area contributed by atoms with Gasteiger partial charge < -0.3 is 15.8 Å². The zero-order valence-electron chi connectivity index (χ0n) is 11.7. The van der Waals surface area contributed by atoms with Crippen LogP contribution in [0.15, 0.2) is 23.1 Å². The number of hydrogen-bond donors (Lipinski definition) is 2. The number of amides is 1. The lowest BCUT2D eigenvalue weighted by molar-refractivity contribution is -0.120. The first-order valence-electron chi connectivity index (χ1n) is 6.46. The molecule has 0 fully saturated rings. The molecule has 19 heavy (non-hydrogen) atoms. The third-order valence-corrected chi connectivity index (χ3v) is 3.90. The van der Waals surface area contributed by atoms with Crippen LogP contribution < -0.4 is 15.8 Å². The number of unbranched alkanes of at least 4 members (excludes halogenated alkanes) is 1. The molecule has 0 aliphatic carbocycles. The number of nitrogens with one attached hydrogen (secondary N) is 1. The van der Waals surface area contributed by atoms with E-state index >= 15 is 0 Å². The van der Waals surface area contributed by atoms with Crippen LogP contribution in [0.25, 0.3) is 0 Å². The van der Waals surface area contributed by atoms with Gasteiger partial charge in [-0.25, -0.2) is 0 Å². The summed E-state index contributed by atoms with van der Waals surface area (Å²) in [4.78, 5) is 12.8. The lowest BCUT2D eigenvalue weighted by Gasteiger charge is -2.13. The maximum Gasteiger partial charge on any atom is 0.233 e. The fraction of sp³-hybridized carbons (Fsp3) is 0.500. The minimum Gasteiger partial charge on any atom is -0.497 e. The Morgan fingerprint density at radius 2 is 2.26 bits per heavy atom. The van der Waals surface area contributed by atoms with Crippen molar-refractivity contribution >= 4 is 23.4 Å². The third-order valence-electron chi connectivity index (χ3n) is 2.72. The van der Waals surface area contributed by atoms with Crippen LogP contribution >= 0.6 is 11.8 Å². The Balaban J connectivity index is 2.60. The van der Waals surface area contributed by atoms with E-state index in [0.29, 0.717) is 5.69 Å². The van der Waals surface area contributed by atoms with Gasteiger partial charge in [0.1, 0.15) is 5.75 Å².